The van der Waals surface area contributed by atoms with Crippen LogP contribution in [0.1, 0.15) is 17.2 Å². The molecule has 1 aromatic heterocycles. The number of hydrogen-bond acceptors (Lipinski definition) is 5. The molecule has 0 saturated carbocycles. The second-order valence-corrected chi connectivity index (χ2v) is 6.28. The molecule has 0 bridgehead atoms. The number of rotatable bonds is 2. The summed E-state index contributed by atoms with van der Waals surface area (Å²) >= 11 is 0. The summed E-state index contributed by atoms with van der Waals surface area (Å²) in [6, 6.07) is 8.29. The molecule has 124 valence electrons. The number of aromatic nitrogens is 3. The first-order chi connectivity index (χ1) is 11.7. The second kappa shape index (κ2) is 6.20. The highest BCUT2D eigenvalue weighted by molar-refractivity contribution is 5.86. The number of piperazine rings is 1. The molecule has 4 rings (SSSR count). The van der Waals surface area contributed by atoms with Crippen LogP contribution < -0.4 is 0 Å². The van der Waals surface area contributed by atoms with Gasteiger partial charge in [0.2, 0.25) is 5.96 Å². The van der Waals surface area contributed by atoms with E-state index >= 15 is 0 Å². The molecular formula is C18H22N6. The van der Waals surface area contributed by atoms with Gasteiger partial charge in [-0.05, 0) is 18.6 Å². The third-order valence-corrected chi connectivity index (χ3v) is 4.57. The maximum Gasteiger partial charge on any atom is 0.228 e. The lowest BCUT2D eigenvalue weighted by molar-refractivity contribution is 0.194. The van der Waals surface area contributed by atoms with Crippen molar-refractivity contribution in [1.29, 1.82) is 0 Å². The normalized spacial score (nSPS) is 17.7. The molecule has 6 heteroatoms. The van der Waals surface area contributed by atoms with Gasteiger partial charge < -0.3 is 4.90 Å². The van der Waals surface area contributed by atoms with Gasteiger partial charge in [0.05, 0.1) is 5.69 Å². The number of fused-ring (bicyclic) bond motifs is 2. The quantitative estimate of drug-likeness (QED) is 0.792. The number of aryl methyl sites for hydroxylation is 1. The lowest BCUT2D eigenvalue weighted by Crippen LogP contribution is -2.50. The predicted molar refractivity (Wildman–Crippen MR) is 94.7 cm³/mol. The first-order valence-corrected chi connectivity index (χ1v) is 8.42. The van der Waals surface area contributed by atoms with E-state index in [1.54, 1.807) is 0 Å². The first-order valence-electron chi connectivity index (χ1n) is 8.42. The van der Waals surface area contributed by atoms with E-state index in [-0.39, 0.29) is 0 Å². The smallest absolute Gasteiger partial charge is 0.228 e. The fourth-order valence-electron chi connectivity index (χ4n) is 3.35. The molecule has 1 saturated heterocycles. The van der Waals surface area contributed by atoms with E-state index in [9.17, 15) is 0 Å². The highest BCUT2D eigenvalue weighted by Gasteiger charge is 2.26. The third-order valence-electron chi connectivity index (χ3n) is 4.57. The van der Waals surface area contributed by atoms with Crippen molar-refractivity contribution in [1.82, 2.24) is 24.6 Å². The topological polar surface area (TPSA) is 49.6 Å². The average Bonchev–Trinajstić information content (AvgIpc) is 2.88. The lowest BCUT2D eigenvalue weighted by atomic mass is 10.1. The van der Waals surface area contributed by atoms with Gasteiger partial charge in [-0.15, -0.1) is 11.7 Å². The van der Waals surface area contributed by atoms with E-state index in [4.69, 9.17) is 4.99 Å². The second-order valence-electron chi connectivity index (χ2n) is 6.28. The van der Waals surface area contributed by atoms with Crippen LogP contribution in [0.25, 0.3) is 0 Å². The van der Waals surface area contributed by atoms with Crippen molar-refractivity contribution in [2.45, 2.75) is 13.3 Å². The molecule has 24 heavy (non-hydrogen) atoms. The van der Waals surface area contributed by atoms with Gasteiger partial charge >= 0.3 is 0 Å². The fourth-order valence-corrected chi connectivity index (χ4v) is 3.35. The summed E-state index contributed by atoms with van der Waals surface area (Å²) in [7, 11) is 0. The zero-order valence-electron chi connectivity index (χ0n) is 14.0. The lowest BCUT2D eigenvalue weighted by Gasteiger charge is -2.35. The Hall–Kier alpha value is -2.47. The molecule has 0 amide bonds. The Balaban J connectivity index is 1.70. The van der Waals surface area contributed by atoms with Crippen LogP contribution >= 0.6 is 0 Å². The molecule has 6 nitrogen and oxygen atoms in total. The summed E-state index contributed by atoms with van der Waals surface area (Å²) in [6.45, 7) is 10.6. The van der Waals surface area contributed by atoms with Gasteiger partial charge in [-0.1, -0.05) is 24.3 Å². The highest BCUT2D eigenvalue weighted by Crippen LogP contribution is 2.26. The molecule has 1 fully saturated rings. The maximum atomic E-state index is 4.95. The van der Waals surface area contributed by atoms with Crippen LogP contribution in [0.15, 0.2) is 41.9 Å². The molecule has 0 aliphatic carbocycles. The molecule has 2 aliphatic heterocycles. The molecule has 2 aromatic rings. The molecule has 0 radical (unpaired) electrons. The highest BCUT2D eigenvalue weighted by atomic mass is 15.5. The number of nitrogens with zero attached hydrogens (tertiary/aromatic N) is 6. The molecule has 1 aromatic carbocycles. The monoisotopic (exact) mass is 322 g/mol. The Morgan fingerprint density at radius 2 is 1.96 bits per heavy atom. The number of benzene rings is 1. The van der Waals surface area contributed by atoms with Crippen LogP contribution in [-0.4, -0.2) is 63.2 Å². The molecule has 0 atom stereocenters. The third kappa shape index (κ3) is 2.73. The van der Waals surface area contributed by atoms with E-state index in [1.807, 2.05) is 23.7 Å². The average molecular weight is 322 g/mol. The van der Waals surface area contributed by atoms with Crippen molar-refractivity contribution in [3.8, 4) is 0 Å². The molecule has 0 spiro atoms. The number of aliphatic imine (C=N–C) groups is 1. The van der Waals surface area contributed by atoms with Gasteiger partial charge in [0.15, 0.2) is 0 Å². The Bertz CT molecular complexity index is 783. The van der Waals surface area contributed by atoms with E-state index in [0.717, 1.165) is 62.4 Å². The van der Waals surface area contributed by atoms with Crippen LogP contribution in [0, 0.1) is 6.92 Å². The van der Waals surface area contributed by atoms with Crippen LogP contribution in [0.4, 0.5) is 5.69 Å². The van der Waals surface area contributed by atoms with Gasteiger partial charge in [-0.2, -0.15) is 4.68 Å². The van der Waals surface area contributed by atoms with Gasteiger partial charge in [0.25, 0.3) is 0 Å². The molecule has 3 heterocycles. The van der Waals surface area contributed by atoms with Crippen molar-refractivity contribution >= 4 is 11.6 Å². The largest absolute Gasteiger partial charge is 0.338 e. The Labute approximate surface area is 142 Å². The van der Waals surface area contributed by atoms with Crippen molar-refractivity contribution in [2.75, 3.05) is 32.7 Å². The summed E-state index contributed by atoms with van der Waals surface area (Å²) in [6.07, 6.45) is 2.73. The van der Waals surface area contributed by atoms with E-state index < -0.39 is 0 Å². The van der Waals surface area contributed by atoms with Gasteiger partial charge in [0.1, 0.15) is 11.6 Å². The van der Waals surface area contributed by atoms with Gasteiger partial charge in [-0.25, -0.2) is 9.98 Å². The van der Waals surface area contributed by atoms with Crippen molar-refractivity contribution in [3.63, 3.8) is 0 Å². The molecule has 0 N–H and O–H groups in total. The van der Waals surface area contributed by atoms with Crippen LogP contribution in [0.5, 0.6) is 0 Å². The zero-order chi connectivity index (χ0) is 16.5. The predicted octanol–water partition coefficient (Wildman–Crippen LogP) is 1.83. The Morgan fingerprint density at radius 1 is 1.17 bits per heavy atom. The number of para-hydroxylation sites is 1. The summed E-state index contributed by atoms with van der Waals surface area (Å²) < 4.78 is 1.93. The maximum absolute atomic E-state index is 4.95. The van der Waals surface area contributed by atoms with Crippen LogP contribution in [0.2, 0.25) is 0 Å². The standard InChI is InChI=1S/C18H22N6/c1-3-8-22-9-11-23(12-10-22)18-20-16-7-5-4-6-15(16)13-17-19-14(2)21-24(17)18/h3-7H,1,8-13H2,2H3. The van der Waals surface area contributed by atoms with Crippen LogP contribution in [0.3, 0.4) is 0 Å². The van der Waals surface area contributed by atoms with Gasteiger partial charge in [-0.3, -0.25) is 4.90 Å². The Morgan fingerprint density at radius 3 is 2.75 bits per heavy atom. The SMILES string of the molecule is C=CCN1CCN(C2=Nc3ccccc3Cc3nc(C)nn32)CC1. The number of hydrogen-bond donors (Lipinski definition) is 0. The van der Waals surface area contributed by atoms with E-state index in [1.165, 1.54) is 5.56 Å². The van der Waals surface area contributed by atoms with E-state index in [2.05, 4.69) is 44.7 Å². The summed E-state index contributed by atoms with van der Waals surface area (Å²) in [5, 5.41) is 4.61. The summed E-state index contributed by atoms with van der Waals surface area (Å²) in [5.41, 5.74) is 2.22. The molecule has 2 aliphatic rings. The minimum absolute atomic E-state index is 0.764. The molecule has 0 unspecified atom stereocenters. The minimum Gasteiger partial charge on any atom is -0.338 e. The zero-order valence-corrected chi connectivity index (χ0v) is 14.0. The van der Waals surface area contributed by atoms with Crippen molar-refractivity contribution in [2.24, 2.45) is 4.99 Å². The Kier molecular flexibility index (Phi) is 3.90. The van der Waals surface area contributed by atoms with Crippen molar-refractivity contribution < 1.29 is 0 Å². The van der Waals surface area contributed by atoms with E-state index in [0.29, 0.717) is 0 Å². The molecular weight excluding hydrogens is 300 g/mol. The van der Waals surface area contributed by atoms with Crippen LogP contribution in [-0.2, 0) is 6.42 Å². The fraction of sp³-hybridized carbons (Fsp3) is 0.389. The van der Waals surface area contributed by atoms with Crippen molar-refractivity contribution in [3.05, 3.63) is 54.1 Å². The first kappa shape index (κ1) is 15.1. The summed E-state index contributed by atoms with van der Waals surface area (Å²) in [5.74, 6) is 2.65. The summed E-state index contributed by atoms with van der Waals surface area (Å²) in [4.78, 5) is 14.3. The van der Waals surface area contributed by atoms with Gasteiger partial charge in [0, 0.05) is 39.1 Å². The minimum atomic E-state index is 0.764.